The van der Waals surface area contributed by atoms with Gasteiger partial charge in [0.25, 0.3) is 0 Å². The largest absolute Gasteiger partial charge is 0.461 e. The third kappa shape index (κ3) is 5.31. The fourth-order valence-corrected chi connectivity index (χ4v) is 4.45. The molecule has 0 aliphatic heterocycles. The smallest absolute Gasteiger partial charge is 0.311 e. The molecule has 1 fully saturated rings. The van der Waals surface area contributed by atoms with Gasteiger partial charge in [-0.05, 0) is 60.3 Å². The number of ether oxygens (including phenoxy) is 2. The highest BCUT2D eigenvalue weighted by molar-refractivity contribution is 6.41. The van der Waals surface area contributed by atoms with Crippen LogP contribution < -0.4 is 0 Å². The summed E-state index contributed by atoms with van der Waals surface area (Å²) in [5, 5.41) is 0. The number of fused-ring (bicyclic) bond motifs is 1. The molecule has 2 atom stereocenters. The van der Waals surface area contributed by atoms with E-state index < -0.39 is 34.0 Å². The van der Waals surface area contributed by atoms with Crippen molar-refractivity contribution in [2.75, 3.05) is 0 Å². The molecule has 0 N–H and O–H groups in total. The zero-order valence-corrected chi connectivity index (χ0v) is 19.7. The molecule has 0 saturated heterocycles. The maximum atomic E-state index is 12.8. The number of carbonyl (C=O) groups excluding carboxylic acids is 5. The number of ketones is 3. The van der Waals surface area contributed by atoms with Crippen molar-refractivity contribution in [1.29, 1.82) is 0 Å². The normalized spacial score (nSPS) is 24.4. The van der Waals surface area contributed by atoms with Gasteiger partial charge in [0.1, 0.15) is 6.10 Å². The van der Waals surface area contributed by atoms with Crippen molar-refractivity contribution in [2.24, 2.45) is 10.8 Å². The molecule has 7 nitrogen and oxygen atoms in total. The summed E-state index contributed by atoms with van der Waals surface area (Å²) in [6.07, 6.45) is 2.10. The third-order valence-corrected chi connectivity index (χ3v) is 6.26. The summed E-state index contributed by atoms with van der Waals surface area (Å²) in [5.41, 5.74) is -1.62. The number of hydrogen-bond donors (Lipinski definition) is 0. The van der Waals surface area contributed by atoms with Gasteiger partial charge in [-0.25, -0.2) is 0 Å². The Morgan fingerprint density at radius 3 is 2.23 bits per heavy atom. The predicted molar refractivity (Wildman–Crippen MR) is 113 cm³/mol. The maximum Gasteiger partial charge on any atom is 0.311 e. The quantitative estimate of drug-likeness (QED) is 0.464. The molecule has 0 amide bonds. The van der Waals surface area contributed by atoms with E-state index in [9.17, 15) is 24.0 Å². The van der Waals surface area contributed by atoms with Crippen molar-refractivity contribution in [1.82, 2.24) is 0 Å². The molecule has 7 heteroatoms. The lowest BCUT2D eigenvalue weighted by Crippen LogP contribution is -2.46. The predicted octanol–water partition coefficient (Wildman–Crippen LogP) is 3.66. The van der Waals surface area contributed by atoms with E-state index in [1.807, 2.05) is 6.92 Å². The van der Waals surface area contributed by atoms with Crippen molar-refractivity contribution >= 4 is 29.3 Å². The van der Waals surface area contributed by atoms with Gasteiger partial charge in [-0.2, -0.15) is 0 Å². The number of allylic oxidation sites excluding steroid dienone is 1. The summed E-state index contributed by atoms with van der Waals surface area (Å²) in [6.45, 7) is 11.3. The van der Waals surface area contributed by atoms with Crippen molar-refractivity contribution in [3.05, 3.63) is 11.1 Å². The molecule has 0 unspecified atom stereocenters. The van der Waals surface area contributed by atoms with Crippen LogP contribution in [0.4, 0.5) is 0 Å². The number of Topliss-reactive ketones (excluding diaryl/α,β-unsaturated/α-hetero) is 3. The molecule has 0 bridgehead atoms. The molecule has 0 aromatic heterocycles. The van der Waals surface area contributed by atoms with E-state index in [0.29, 0.717) is 24.8 Å². The van der Waals surface area contributed by atoms with E-state index in [2.05, 4.69) is 0 Å². The molecule has 0 heterocycles. The van der Waals surface area contributed by atoms with Gasteiger partial charge in [-0.1, -0.05) is 12.5 Å². The Kier molecular flexibility index (Phi) is 6.98. The van der Waals surface area contributed by atoms with E-state index in [4.69, 9.17) is 9.47 Å². The summed E-state index contributed by atoms with van der Waals surface area (Å²) >= 11 is 0. The molecule has 0 aromatic carbocycles. The second-order valence-electron chi connectivity index (χ2n) is 10.4. The van der Waals surface area contributed by atoms with Crippen molar-refractivity contribution < 1.29 is 33.4 Å². The van der Waals surface area contributed by atoms with Gasteiger partial charge in [0.05, 0.1) is 5.41 Å². The van der Waals surface area contributed by atoms with E-state index in [-0.39, 0.29) is 30.7 Å². The van der Waals surface area contributed by atoms with Gasteiger partial charge in [-0.15, -0.1) is 0 Å². The van der Waals surface area contributed by atoms with Gasteiger partial charge < -0.3 is 9.47 Å². The lowest BCUT2D eigenvalue weighted by atomic mass is 9.61. The van der Waals surface area contributed by atoms with Crippen molar-refractivity contribution in [2.45, 2.75) is 98.7 Å². The first-order valence-corrected chi connectivity index (χ1v) is 10.8. The molecule has 0 radical (unpaired) electrons. The second kappa shape index (κ2) is 8.67. The monoisotopic (exact) mass is 434 g/mol. The second-order valence-corrected chi connectivity index (χ2v) is 10.4. The molecular formula is C24H34O7. The third-order valence-electron chi connectivity index (χ3n) is 6.26. The molecule has 0 aromatic rings. The van der Waals surface area contributed by atoms with Gasteiger partial charge in [-0.3, -0.25) is 24.0 Å². The summed E-state index contributed by atoms with van der Waals surface area (Å²) in [6, 6.07) is 0. The van der Waals surface area contributed by atoms with Crippen LogP contribution in [0.15, 0.2) is 11.1 Å². The van der Waals surface area contributed by atoms with Crippen LogP contribution >= 0.6 is 0 Å². The first-order chi connectivity index (χ1) is 14.1. The first-order valence-electron chi connectivity index (χ1n) is 10.8. The number of hydrogen-bond acceptors (Lipinski definition) is 7. The Morgan fingerprint density at radius 1 is 1.06 bits per heavy atom. The van der Waals surface area contributed by atoms with Crippen LogP contribution in [0.2, 0.25) is 0 Å². The van der Waals surface area contributed by atoms with Crippen LogP contribution in [0.1, 0.15) is 87.0 Å². The molecule has 2 rings (SSSR count). The Balaban J connectivity index is 2.34. The molecule has 2 aliphatic carbocycles. The minimum Gasteiger partial charge on any atom is -0.461 e. The van der Waals surface area contributed by atoms with E-state index in [0.717, 1.165) is 12.0 Å². The van der Waals surface area contributed by atoms with Gasteiger partial charge >= 0.3 is 11.9 Å². The minimum atomic E-state index is -1.59. The number of carbonyl (C=O) groups is 5. The SMILES string of the molecule is CC(=O)OC(C)(C)C(=O)C(=O)CC1=C2CCC[C@H](OC(=O)C(C)(C)C)[C@@]2(C)CCC1=O. The Morgan fingerprint density at radius 2 is 1.68 bits per heavy atom. The molecule has 2 aliphatic rings. The summed E-state index contributed by atoms with van der Waals surface area (Å²) < 4.78 is 10.9. The van der Waals surface area contributed by atoms with Gasteiger partial charge in [0, 0.05) is 30.8 Å². The van der Waals surface area contributed by atoms with Crippen LogP contribution in [0.3, 0.4) is 0 Å². The highest BCUT2D eigenvalue weighted by Crippen LogP contribution is 2.51. The fraction of sp³-hybridized carbons (Fsp3) is 0.708. The standard InChI is InChI=1S/C24H34O7/c1-14(25)31-23(5,6)20(28)18(27)13-15-16-9-8-10-19(30-21(29)22(2,3)4)24(16,7)12-11-17(15)26/h19H,8-13H2,1-7H3/t19-,24-/m0/s1. The topological polar surface area (TPSA) is 104 Å². The van der Waals surface area contributed by atoms with E-state index >= 15 is 0 Å². The Labute approximate surface area is 183 Å². The lowest BCUT2D eigenvalue weighted by molar-refractivity contribution is -0.166. The zero-order chi connectivity index (χ0) is 23.8. The van der Waals surface area contributed by atoms with Crippen molar-refractivity contribution in [3.8, 4) is 0 Å². The van der Waals surface area contributed by atoms with Crippen LogP contribution in [0, 0.1) is 10.8 Å². The molecular weight excluding hydrogens is 400 g/mol. The van der Waals surface area contributed by atoms with Crippen LogP contribution in [-0.2, 0) is 33.4 Å². The zero-order valence-electron chi connectivity index (χ0n) is 19.7. The average molecular weight is 435 g/mol. The Bertz CT molecular complexity index is 840. The first kappa shape index (κ1) is 25.0. The summed E-state index contributed by atoms with van der Waals surface area (Å²) in [5.74, 6) is -2.72. The van der Waals surface area contributed by atoms with Crippen LogP contribution in [0.5, 0.6) is 0 Å². The highest BCUT2D eigenvalue weighted by Gasteiger charge is 2.48. The van der Waals surface area contributed by atoms with Crippen LogP contribution in [-0.4, -0.2) is 41.0 Å². The molecule has 172 valence electrons. The van der Waals surface area contributed by atoms with Crippen molar-refractivity contribution in [3.63, 3.8) is 0 Å². The minimum absolute atomic E-state index is 0.151. The van der Waals surface area contributed by atoms with Crippen LogP contribution in [0.25, 0.3) is 0 Å². The fourth-order valence-electron chi connectivity index (χ4n) is 4.45. The summed E-state index contributed by atoms with van der Waals surface area (Å²) in [7, 11) is 0. The Hall–Kier alpha value is -2.31. The average Bonchev–Trinajstić information content (AvgIpc) is 2.62. The molecule has 31 heavy (non-hydrogen) atoms. The molecule has 1 saturated carbocycles. The van der Waals surface area contributed by atoms with E-state index in [1.54, 1.807) is 20.8 Å². The number of esters is 2. The maximum absolute atomic E-state index is 12.8. The molecule has 0 spiro atoms. The van der Waals surface area contributed by atoms with Gasteiger partial charge in [0.2, 0.25) is 11.6 Å². The summed E-state index contributed by atoms with van der Waals surface area (Å²) in [4.78, 5) is 61.9. The van der Waals surface area contributed by atoms with E-state index in [1.165, 1.54) is 20.8 Å². The highest BCUT2D eigenvalue weighted by atomic mass is 16.6. The van der Waals surface area contributed by atoms with Gasteiger partial charge in [0.15, 0.2) is 11.4 Å². The number of rotatable bonds is 6. The lowest BCUT2D eigenvalue weighted by Gasteiger charge is -2.46.